The first-order chi connectivity index (χ1) is 10.1. The maximum Gasteiger partial charge on any atom is 0.311 e. The molecule has 1 N–H and O–H groups in total. The summed E-state index contributed by atoms with van der Waals surface area (Å²) in [5.41, 5.74) is 0.0368. The second-order valence-corrected chi connectivity index (χ2v) is 5.01. The van der Waals surface area contributed by atoms with Gasteiger partial charge in [0.2, 0.25) is 5.75 Å². The second-order valence-electron chi connectivity index (χ2n) is 5.01. The van der Waals surface area contributed by atoms with E-state index in [4.69, 9.17) is 4.74 Å². The molecule has 0 aliphatic carbocycles. The third-order valence-electron chi connectivity index (χ3n) is 3.80. The number of nitrogens with zero attached hydrogens (tertiary/aromatic N) is 2. The standard InChI is InChI=1S/C14H19N3O4/c1-16(10-6-8-15-9-7-10)14(18)11-4-3-5-12(17(19)20)13(11)21-2/h3-5,10,15H,6-9H2,1-2H3. The fourth-order valence-electron chi connectivity index (χ4n) is 2.60. The van der Waals surface area contributed by atoms with Crippen LogP contribution in [0.15, 0.2) is 18.2 Å². The fraction of sp³-hybridized carbons (Fsp3) is 0.500. The average molecular weight is 293 g/mol. The molecular weight excluding hydrogens is 274 g/mol. The van der Waals surface area contributed by atoms with Crippen LogP contribution in [0.5, 0.6) is 5.75 Å². The van der Waals surface area contributed by atoms with Crippen molar-refractivity contribution in [2.24, 2.45) is 0 Å². The summed E-state index contributed by atoms with van der Waals surface area (Å²) in [6.45, 7) is 1.74. The molecule has 1 fully saturated rings. The fourth-order valence-corrected chi connectivity index (χ4v) is 2.60. The molecule has 21 heavy (non-hydrogen) atoms. The molecule has 0 saturated carbocycles. The summed E-state index contributed by atoms with van der Waals surface area (Å²) in [6, 6.07) is 4.54. The van der Waals surface area contributed by atoms with E-state index >= 15 is 0 Å². The van der Waals surface area contributed by atoms with Gasteiger partial charge in [0.25, 0.3) is 5.91 Å². The predicted octanol–water partition coefficient (Wildman–Crippen LogP) is 1.43. The highest BCUT2D eigenvalue weighted by Crippen LogP contribution is 2.31. The highest BCUT2D eigenvalue weighted by molar-refractivity contribution is 5.98. The summed E-state index contributed by atoms with van der Waals surface area (Å²) in [5.74, 6) is -0.226. The van der Waals surface area contributed by atoms with E-state index in [-0.39, 0.29) is 28.9 Å². The van der Waals surface area contributed by atoms with Crippen molar-refractivity contribution in [3.8, 4) is 5.75 Å². The van der Waals surface area contributed by atoms with Crippen LogP contribution in [0.2, 0.25) is 0 Å². The van der Waals surface area contributed by atoms with Crippen LogP contribution in [0.1, 0.15) is 23.2 Å². The van der Waals surface area contributed by atoms with Crippen molar-refractivity contribution in [3.63, 3.8) is 0 Å². The minimum absolute atomic E-state index is 0.0216. The number of hydrogen-bond donors (Lipinski definition) is 1. The van der Waals surface area contributed by atoms with Crippen LogP contribution in [-0.4, -0.2) is 49.0 Å². The van der Waals surface area contributed by atoms with E-state index in [1.165, 1.54) is 19.2 Å². The number of rotatable bonds is 4. The largest absolute Gasteiger partial charge is 0.490 e. The molecule has 1 aliphatic rings. The topological polar surface area (TPSA) is 84.7 Å². The number of nitrogens with one attached hydrogen (secondary N) is 1. The van der Waals surface area contributed by atoms with Crippen molar-refractivity contribution >= 4 is 11.6 Å². The van der Waals surface area contributed by atoms with Crippen molar-refractivity contribution in [2.45, 2.75) is 18.9 Å². The second kappa shape index (κ2) is 6.53. The number of methoxy groups -OCH3 is 1. The van der Waals surface area contributed by atoms with Gasteiger partial charge in [0.05, 0.1) is 17.6 Å². The number of para-hydroxylation sites is 1. The zero-order valence-electron chi connectivity index (χ0n) is 12.2. The van der Waals surface area contributed by atoms with Crippen molar-refractivity contribution in [1.82, 2.24) is 10.2 Å². The molecule has 1 amide bonds. The highest BCUT2D eigenvalue weighted by Gasteiger charge is 2.28. The van der Waals surface area contributed by atoms with Gasteiger partial charge in [-0.1, -0.05) is 6.07 Å². The number of carbonyl (C=O) groups excluding carboxylic acids is 1. The van der Waals surface area contributed by atoms with E-state index in [2.05, 4.69) is 5.32 Å². The molecule has 0 spiro atoms. The van der Waals surface area contributed by atoms with Gasteiger partial charge in [-0.25, -0.2) is 0 Å². The number of hydrogen-bond acceptors (Lipinski definition) is 5. The van der Waals surface area contributed by atoms with Gasteiger partial charge < -0.3 is 15.0 Å². The molecule has 114 valence electrons. The Balaban J connectivity index is 2.29. The molecule has 0 bridgehead atoms. The molecule has 1 heterocycles. The van der Waals surface area contributed by atoms with Crippen molar-refractivity contribution in [3.05, 3.63) is 33.9 Å². The smallest absolute Gasteiger partial charge is 0.311 e. The first-order valence-corrected chi connectivity index (χ1v) is 6.85. The maximum absolute atomic E-state index is 12.6. The lowest BCUT2D eigenvalue weighted by atomic mass is 10.0. The Morgan fingerprint density at radius 3 is 2.67 bits per heavy atom. The first-order valence-electron chi connectivity index (χ1n) is 6.85. The summed E-state index contributed by atoms with van der Waals surface area (Å²) in [6.07, 6.45) is 1.75. The zero-order valence-corrected chi connectivity index (χ0v) is 12.2. The number of nitro groups is 1. The Morgan fingerprint density at radius 1 is 1.43 bits per heavy atom. The van der Waals surface area contributed by atoms with Gasteiger partial charge >= 0.3 is 5.69 Å². The van der Waals surface area contributed by atoms with Crippen LogP contribution in [-0.2, 0) is 0 Å². The quantitative estimate of drug-likeness (QED) is 0.670. The van der Waals surface area contributed by atoms with E-state index in [1.807, 2.05) is 0 Å². The van der Waals surface area contributed by atoms with Gasteiger partial charge in [0, 0.05) is 19.2 Å². The van der Waals surface area contributed by atoms with Gasteiger partial charge in [-0.3, -0.25) is 14.9 Å². The molecule has 2 rings (SSSR count). The van der Waals surface area contributed by atoms with Crippen LogP contribution >= 0.6 is 0 Å². The van der Waals surface area contributed by atoms with Crippen LogP contribution in [0.4, 0.5) is 5.69 Å². The first kappa shape index (κ1) is 15.2. The monoisotopic (exact) mass is 293 g/mol. The SMILES string of the molecule is COc1c(C(=O)N(C)C2CCNCC2)cccc1[N+](=O)[O-]. The number of ether oxygens (including phenoxy) is 1. The summed E-state index contributed by atoms with van der Waals surface area (Å²) >= 11 is 0. The zero-order chi connectivity index (χ0) is 15.4. The average Bonchev–Trinajstić information content (AvgIpc) is 2.53. The Labute approximate surface area is 123 Å². The van der Waals surface area contributed by atoms with Crippen LogP contribution in [0, 0.1) is 10.1 Å². The number of amides is 1. The van der Waals surface area contributed by atoms with Gasteiger partial charge in [-0.2, -0.15) is 0 Å². The predicted molar refractivity (Wildman–Crippen MR) is 77.6 cm³/mol. The van der Waals surface area contributed by atoms with Crippen LogP contribution in [0.3, 0.4) is 0 Å². The van der Waals surface area contributed by atoms with Gasteiger partial charge in [-0.05, 0) is 32.0 Å². The number of piperidine rings is 1. The van der Waals surface area contributed by atoms with E-state index in [0.29, 0.717) is 0 Å². The summed E-state index contributed by atoms with van der Waals surface area (Å²) < 4.78 is 5.09. The molecule has 1 aromatic carbocycles. The molecule has 0 unspecified atom stereocenters. The Bertz CT molecular complexity index is 541. The highest BCUT2D eigenvalue weighted by atomic mass is 16.6. The summed E-state index contributed by atoms with van der Waals surface area (Å²) in [7, 11) is 3.07. The summed E-state index contributed by atoms with van der Waals surface area (Å²) in [4.78, 5) is 24.7. The van der Waals surface area contributed by atoms with Crippen molar-refractivity contribution in [1.29, 1.82) is 0 Å². The Morgan fingerprint density at radius 2 is 2.10 bits per heavy atom. The molecule has 1 aliphatic heterocycles. The number of benzene rings is 1. The Kier molecular flexibility index (Phi) is 4.74. The van der Waals surface area contributed by atoms with E-state index in [0.717, 1.165) is 25.9 Å². The lowest BCUT2D eigenvalue weighted by Crippen LogP contribution is -2.44. The lowest BCUT2D eigenvalue weighted by Gasteiger charge is -2.31. The minimum atomic E-state index is -0.542. The lowest BCUT2D eigenvalue weighted by molar-refractivity contribution is -0.385. The van der Waals surface area contributed by atoms with Crippen LogP contribution < -0.4 is 10.1 Å². The van der Waals surface area contributed by atoms with Crippen LogP contribution in [0.25, 0.3) is 0 Å². The van der Waals surface area contributed by atoms with Gasteiger partial charge in [0.15, 0.2) is 0 Å². The Hall–Kier alpha value is -2.15. The molecule has 1 aromatic rings. The van der Waals surface area contributed by atoms with E-state index in [1.54, 1.807) is 18.0 Å². The van der Waals surface area contributed by atoms with Crippen molar-refractivity contribution in [2.75, 3.05) is 27.2 Å². The number of carbonyl (C=O) groups is 1. The maximum atomic E-state index is 12.6. The third-order valence-corrected chi connectivity index (χ3v) is 3.80. The molecular formula is C14H19N3O4. The van der Waals surface area contributed by atoms with Gasteiger partial charge in [0.1, 0.15) is 0 Å². The van der Waals surface area contributed by atoms with Gasteiger partial charge in [-0.15, -0.1) is 0 Å². The molecule has 7 nitrogen and oxygen atoms in total. The van der Waals surface area contributed by atoms with E-state index < -0.39 is 4.92 Å². The molecule has 7 heteroatoms. The third kappa shape index (κ3) is 3.13. The van der Waals surface area contributed by atoms with Crippen molar-refractivity contribution < 1.29 is 14.5 Å². The summed E-state index contributed by atoms with van der Waals surface area (Å²) in [5, 5.41) is 14.3. The normalized spacial score (nSPS) is 15.5. The number of nitro benzene ring substituents is 1. The molecule has 1 saturated heterocycles. The van der Waals surface area contributed by atoms with E-state index in [9.17, 15) is 14.9 Å². The molecule has 0 radical (unpaired) electrons. The molecule has 0 aromatic heterocycles. The molecule has 0 atom stereocenters. The minimum Gasteiger partial charge on any atom is -0.490 e.